The first-order valence-corrected chi connectivity index (χ1v) is 6.93. The first-order valence-electron chi connectivity index (χ1n) is 6.93. The van der Waals surface area contributed by atoms with E-state index in [2.05, 4.69) is 10.4 Å². The number of rotatable bonds is 4. The molecule has 6 nitrogen and oxygen atoms in total. The maximum Gasteiger partial charge on any atom is 0.336 e. The highest BCUT2D eigenvalue weighted by Crippen LogP contribution is 2.17. The first-order chi connectivity index (χ1) is 10.6. The Kier molecular flexibility index (Phi) is 3.74. The fourth-order valence-electron chi connectivity index (χ4n) is 2.18. The van der Waals surface area contributed by atoms with Crippen molar-refractivity contribution in [2.45, 2.75) is 19.9 Å². The van der Waals surface area contributed by atoms with Crippen LogP contribution in [-0.2, 0) is 11.3 Å². The fourth-order valence-corrected chi connectivity index (χ4v) is 2.18. The van der Waals surface area contributed by atoms with E-state index in [4.69, 9.17) is 4.42 Å². The zero-order valence-electron chi connectivity index (χ0n) is 12.1. The summed E-state index contributed by atoms with van der Waals surface area (Å²) in [6, 6.07) is 8.18. The van der Waals surface area contributed by atoms with Crippen LogP contribution in [0.3, 0.4) is 0 Å². The van der Waals surface area contributed by atoms with Gasteiger partial charge >= 0.3 is 5.63 Å². The maximum atomic E-state index is 12.0. The molecule has 3 rings (SSSR count). The molecular formula is C16H15N3O3. The average Bonchev–Trinajstić information content (AvgIpc) is 2.91. The number of carbonyl (C=O) groups is 1. The molecule has 2 aromatic heterocycles. The second-order valence-corrected chi connectivity index (χ2v) is 5.09. The molecule has 0 atom stereocenters. The number of anilines is 1. The van der Waals surface area contributed by atoms with E-state index < -0.39 is 0 Å². The predicted octanol–water partition coefficient (Wildman–Crippen LogP) is 2.33. The Morgan fingerprint density at radius 2 is 2.18 bits per heavy atom. The van der Waals surface area contributed by atoms with Crippen molar-refractivity contribution >= 4 is 22.6 Å². The molecule has 6 heteroatoms. The molecule has 0 aliphatic heterocycles. The van der Waals surface area contributed by atoms with E-state index in [0.717, 1.165) is 10.9 Å². The van der Waals surface area contributed by atoms with Crippen molar-refractivity contribution in [1.82, 2.24) is 9.78 Å². The van der Waals surface area contributed by atoms with Crippen LogP contribution in [0.25, 0.3) is 11.0 Å². The SMILES string of the molecule is Cc1cnn(CCC(=O)Nc2ccc3oc(=O)ccc3c2)c1. The molecule has 0 saturated carbocycles. The van der Waals surface area contributed by atoms with Crippen molar-refractivity contribution < 1.29 is 9.21 Å². The highest BCUT2D eigenvalue weighted by atomic mass is 16.4. The second-order valence-electron chi connectivity index (χ2n) is 5.09. The quantitative estimate of drug-likeness (QED) is 0.750. The molecular weight excluding hydrogens is 282 g/mol. The molecule has 0 spiro atoms. The van der Waals surface area contributed by atoms with Crippen molar-refractivity contribution in [3.63, 3.8) is 0 Å². The number of aryl methyl sites for hydroxylation is 2. The summed E-state index contributed by atoms with van der Waals surface area (Å²) >= 11 is 0. The van der Waals surface area contributed by atoms with E-state index in [1.165, 1.54) is 6.07 Å². The molecule has 0 saturated heterocycles. The largest absolute Gasteiger partial charge is 0.423 e. The van der Waals surface area contributed by atoms with E-state index >= 15 is 0 Å². The summed E-state index contributed by atoms with van der Waals surface area (Å²) in [7, 11) is 0. The van der Waals surface area contributed by atoms with Gasteiger partial charge in [0.15, 0.2) is 0 Å². The minimum Gasteiger partial charge on any atom is -0.423 e. The van der Waals surface area contributed by atoms with E-state index in [1.54, 1.807) is 35.1 Å². The molecule has 22 heavy (non-hydrogen) atoms. The Morgan fingerprint density at radius 1 is 1.32 bits per heavy atom. The lowest BCUT2D eigenvalue weighted by atomic mass is 10.2. The highest BCUT2D eigenvalue weighted by Gasteiger charge is 2.05. The fraction of sp³-hybridized carbons (Fsp3) is 0.188. The van der Waals surface area contributed by atoms with Gasteiger partial charge in [0.1, 0.15) is 5.58 Å². The minimum absolute atomic E-state index is 0.0927. The van der Waals surface area contributed by atoms with Gasteiger partial charge in [-0.3, -0.25) is 9.48 Å². The monoisotopic (exact) mass is 297 g/mol. The third-order valence-electron chi connectivity index (χ3n) is 3.23. The number of nitrogens with zero attached hydrogens (tertiary/aromatic N) is 2. The molecule has 1 N–H and O–H groups in total. The molecule has 0 unspecified atom stereocenters. The molecule has 3 aromatic rings. The molecule has 0 radical (unpaired) electrons. The molecule has 1 aromatic carbocycles. The van der Waals surface area contributed by atoms with Crippen molar-refractivity contribution in [2.24, 2.45) is 0 Å². The van der Waals surface area contributed by atoms with Crippen LogP contribution >= 0.6 is 0 Å². The number of carbonyl (C=O) groups excluding carboxylic acids is 1. The van der Waals surface area contributed by atoms with Gasteiger partial charge in [-0.2, -0.15) is 5.10 Å². The molecule has 0 aliphatic rings. The van der Waals surface area contributed by atoms with E-state index in [9.17, 15) is 9.59 Å². The van der Waals surface area contributed by atoms with Gasteiger partial charge < -0.3 is 9.73 Å². The van der Waals surface area contributed by atoms with Gasteiger partial charge in [-0.15, -0.1) is 0 Å². The van der Waals surface area contributed by atoms with Gasteiger partial charge in [-0.1, -0.05) is 0 Å². The van der Waals surface area contributed by atoms with E-state index in [0.29, 0.717) is 24.2 Å². The second kappa shape index (κ2) is 5.85. The highest BCUT2D eigenvalue weighted by molar-refractivity contribution is 5.93. The van der Waals surface area contributed by atoms with Crippen LogP contribution in [0.5, 0.6) is 0 Å². The van der Waals surface area contributed by atoms with Gasteiger partial charge in [0.05, 0.1) is 6.20 Å². The number of aromatic nitrogens is 2. The topological polar surface area (TPSA) is 77.1 Å². The van der Waals surface area contributed by atoms with E-state index in [-0.39, 0.29) is 11.5 Å². The number of amides is 1. The zero-order valence-corrected chi connectivity index (χ0v) is 12.1. The molecule has 1 amide bonds. The molecule has 0 fully saturated rings. The van der Waals surface area contributed by atoms with Gasteiger partial charge in [0.25, 0.3) is 0 Å². The summed E-state index contributed by atoms with van der Waals surface area (Å²) in [5, 5.41) is 7.73. The van der Waals surface area contributed by atoms with Crippen molar-refractivity contribution in [1.29, 1.82) is 0 Å². The molecule has 0 bridgehead atoms. The van der Waals surface area contributed by atoms with Crippen LogP contribution in [-0.4, -0.2) is 15.7 Å². The summed E-state index contributed by atoms with van der Waals surface area (Å²) in [6.07, 6.45) is 3.99. The number of hydrogen-bond donors (Lipinski definition) is 1. The van der Waals surface area contributed by atoms with Crippen molar-refractivity contribution in [2.75, 3.05) is 5.32 Å². The molecule has 0 aliphatic carbocycles. The number of hydrogen-bond acceptors (Lipinski definition) is 4. The summed E-state index contributed by atoms with van der Waals surface area (Å²) in [4.78, 5) is 23.1. The van der Waals surface area contributed by atoms with Gasteiger partial charge in [0, 0.05) is 36.3 Å². The summed E-state index contributed by atoms with van der Waals surface area (Å²) in [6.45, 7) is 2.49. The number of fused-ring (bicyclic) bond motifs is 1. The summed E-state index contributed by atoms with van der Waals surface area (Å²) in [5.41, 5.74) is 1.84. The average molecular weight is 297 g/mol. The Balaban J connectivity index is 1.66. The lowest BCUT2D eigenvalue weighted by Gasteiger charge is -2.06. The Labute approximate surface area is 126 Å². The van der Waals surface area contributed by atoms with Crippen LogP contribution in [0.15, 0.2) is 51.9 Å². The normalized spacial score (nSPS) is 10.8. The Hall–Kier alpha value is -2.89. The van der Waals surface area contributed by atoms with Crippen molar-refractivity contribution in [3.05, 3.63) is 58.7 Å². The third-order valence-corrected chi connectivity index (χ3v) is 3.23. The zero-order chi connectivity index (χ0) is 15.5. The molecule has 2 heterocycles. The molecule has 112 valence electrons. The lowest BCUT2D eigenvalue weighted by molar-refractivity contribution is -0.116. The Morgan fingerprint density at radius 3 is 2.95 bits per heavy atom. The summed E-state index contributed by atoms with van der Waals surface area (Å²) in [5.74, 6) is -0.0927. The van der Waals surface area contributed by atoms with Crippen molar-refractivity contribution in [3.8, 4) is 0 Å². The predicted molar refractivity (Wildman–Crippen MR) is 82.7 cm³/mol. The number of benzene rings is 1. The minimum atomic E-state index is -0.390. The van der Waals surface area contributed by atoms with Gasteiger partial charge in [-0.25, -0.2) is 4.79 Å². The Bertz CT molecular complexity index is 879. The third kappa shape index (κ3) is 3.22. The van der Waals surface area contributed by atoms with Crippen LogP contribution in [0, 0.1) is 6.92 Å². The van der Waals surface area contributed by atoms with Gasteiger partial charge in [0.2, 0.25) is 5.91 Å². The van der Waals surface area contributed by atoms with E-state index in [1.807, 2.05) is 13.1 Å². The van der Waals surface area contributed by atoms with Crippen LogP contribution in [0.1, 0.15) is 12.0 Å². The lowest BCUT2D eigenvalue weighted by Crippen LogP contribution is -2.14. The maximum absolute atomic E-state index is 12.0. The summed E-state index contributed by atoms with van der Waals surface area (Å²) < 4.78 is 6.79. The number of nitrogens with one attached hydrogen (secondary N) is 1. The van der Waals surface area contributed by atoms with Crippen LogP contribution in [0.2, 0.25) is 0 Å². The van der Waals surface area contributed by atoms with Gasteiger partial charge in [-0.05, 0) is 36.8 Å². The van der Waals surface area contributed by atoms with Crippen LogP contribution < -0.4 is 10.9 Å². The smallest absolute Gasteiger partial charge is 0.336 e. The standard InChI is InChI=1S/C16H15N3O3/c1-11-9-17-19(10-11)7-6-15(20)18-13-3-4-14-12(8-13)2-5-16(21)22-14/h2-5,8-10H,6-7H2,1H3,(H,18,20). The first kappa shape index (κ1) is 14.1. The van der Waals surface area contributed by atoms with Crippen LogP contribution in [0.4, 0.5) is 5.69 Å².